The number of rotatable bonds is 3. The van der Waals surface area contributed by atoms with Gasteiger partial charge in [-0.05, 0) is 50.1 Å². The second-order valence-corrected chi connectivity index (χ2v) is 6.26. The minimum Gasteiger partial charge on any atom is -0.261 e. The molecule has 0 spiro atoms. The lowest BCUT2D eigenvalue weighted by Gasteiger charge is -2.10. The maximum Gasteiger partial charge on any atom is 0.417 e. The minimum atomic E-state index is -4.42. The molecule has 0 aliphatic heterocycles. The summed E-state index contributed by atoms with van der Waals surface area (Å²) in [5.74, 6) is 0.489. The lowest BCUT2D eigenvalue weighted by Crippen LogP contribution is -2.09. The smallest absolute Gasteiger partial charge is 0.261 e. The van der Waals surface area contributed by atoms with Crippen LogP contribution in [0.4, 0.5) is 19.0 Å². The Morgan fingerprint density at radius 2 is 1.73 bits per heavy atom. The first-order valence-corrected chi connectivity index (χ1v) is 8.09. The molecule has 0 aliphatic carbocycles. The SMILES string of the molecule is Cc1cc(C)c2nc(NN=Cc3ccccc3C(F)(F)F)cc(C)c2c1. The van der Waals surface area contributed by atoms with Crippen molar-refractivity contribution in [3.8, 4) is 0 Å². The molecule has 3 aromatic rings. The second kappa shape index (κ2) is 6.78. The van der Waals surface area contributed by atoms with E-state index < -0.39 is 11.7 Å². The summed E-state index contributed by atoms with van der Waals surface area (Å²) in [5, 5.41) is 5.00. The fourth-order valence-corrected chi connectivity index (χ4v) is 2.94. The minimum absolute atomic E-state index is 0.00295. The Morgan fingerprint density at radius 3 is 2.46 bits per heavy atom. The molecule has 0 atom stereocenters. The first kappa shape index (κ1) is 17.9. The predicted octanol–water partition coefficient (Wildman–Crippen LogP) is 5.62. The number of aryl methyl sites for hydroxylation is 3. The van der Waals surface area contributed by atoms with Crippen molar-refractivity contribution in [2.24, 2.45) is 5.10 Å². The molecule has 0 amide bonds. The van der Waals surface area contributed by atoms with Gasteiger partial charge in [0.05, 0.1) is 17.3 Å². The van der Waals surface area contributed by atoms with Gasteiger partial charge in [-0.2, -0.15) is 18.3 Å². The van der Waals surface area contributed by atoms with Crippen molar-refractivity contribution in [2.75, 3.05) is 5.43 Å². The summed E-state index contributed by atoms with van der Waals surface area (Å²) in [6.07, 6.45) is -3.26. The van der Waals surface area contributed by atoms with Crippen molar-refractivity contribution in [3.05, 3.63) is 70.3 Å². The molecule has 0 fully saturated rings. The number of pyridine rings is 1. The van der Waals surface area contributed by atoms with Gasteiger partial charge in [0.1, 0.15) is 5.82 Å². The van der Waals surface area contributed by atoms with E-state index in [0.717, 1.165) is 39.9 Å². The van der Waals surface area contributed by atoms with Crippen LogP contribution in [0.5, 0.6) is 0 Å². The third-order valence-corrected chi connectivity index (χ3v) is 4.10. The van der Waals surface area contributed by atoms with Crippen molar-refractivity contribution in [3.63, 3.8) is 0 Å². The zero-order valence-corrected chi connectivity index (χ0v) is 14.6. The van der Waals surface area contributed by atoms with Gasteiger partial charge in [-0.3, -0.25) is 5.43 Å². The highest BCUT2D eigenvalue weighted by atomic mass is 19.4. The molecule has 0 saturated carbocycles. The Balaban J connectivity index is 1.90. The summed E-state index contributed by atoms with van der Waals surface area (Å²) in [7, 11) is 0. The van der Waals surface area contributed by atoms with Crippen LogP contribution in [-0.4, -0.2) is 11.2 Å². The highest BCUT2D eigenvalue weighted by Crippen LogP contribution is 2.31. The molecule has 0 saturated heterocycles. The van der Waals surface area contributed by atoms with Gasteiger partial charge < -0.3 is 0 Å². The molecule has 0 aliphatic rings. The number of nitrogens with zero attached hydrogens (tertiary/aromatic N) is 2. The normalized spacial score (nSPS) is 12.1. The van der Waals surface area contributed by atoms with Crippen LogP contribution in [0, 0.1) is 20.8 Å². The van der Waals surface area contributed by atoms with Gasteiger partial charge in [0.2, 0.25) is 0 Å². The van der Waals surface area contributed by atoms with Crippen molar-refractivity contribution in [1.82, 2.24) is 4.98 Å². The first-order chi connectivity index (χ1) is 12.3. The Hall–Kier alpha value is -2.89. The molecule has 3 rings (SSSR count). The maximum atomic E-state index is 13.0. The summed E-state index contributed by atoms with van der Waals surface area (Å²) in [6, 6.07) is 11.2. The van der Waals surface area contributed by atoms with Gasteiger partial charge in [-0.15, -0.1) is 0 Å². The predicted molar refractivity (Wildman–Crippen MR) is 98.6 cm³/mol. The summed E-state index contributed by atoms with van der Waals surface area (Å²) in [4.78, 5) is 4.53. The van der Waals surface area contributed by atoms with E-state index in [2.05, 4.69) is 21.6 Å². The van der Waals surface area contributed by atoms with Crippen molar-refractivity contribution >= 4 is 22.9 Å². The summed E-state index contributed by atoms with van der Waals surface area (Å²) in [6.45, 7) is 5.98. The lowest BCUT2D eigenvalue weighted by atomic mass is 10.0. The highest BCUT2D eigenvalue weighted by molar-refractivity contribution is 5.87. The molecule has 2 aromatic carbocycles. The quantitative estimate of drug-likeness (QED) is 0.488. The monoisotopic (exact) mass is 357 g/mol. The maximum absolute atomic E-state index is 13.0. The Bertz CT molecular complexity index is 991. The average Bonchev–Trinajstić information content (AvgIpc) is 2.55. The molecule has 1 aromatic heterocycles. The number of alkyl halides is 3. The van der Waals surface area contributed by atoms with E-state index in [1.54, 1.807) is 6.07 Å². The molecule has 26 heavy (non-hydrogen) atoms. The van der Waals surface area contributed by atoms with E-state index in [4.69, 9.17) is 0 Å². The number of fused-ring (bicyclic) bond motifs is 1. The topological polar surface area (TPSA) is 37.3 Å². The van der Waals surface area contributed by atoms with Crippen molar-refractivity contribution in [2.45, 2.75) is 26.9 Å². The number of aromatic nitrogens is 1. The zero-order valence-electron chi connectivity index (χ0n) is 14.6. The van der Waals surface area contributed by atoms with Crippen molar-refractivity contribution < 1.29 is 13.2 Å². The zero-order chi connectivity index (χ0) is 18.9. The molecule has 1 N–H and O–H groups in total. The van der Waals surface area contributed by atoms with Gasteiger partial charge in [0.25, 0.3) is 0 Å². The second-order valence-electron chi connectivity index (χ2n) is 6.26. The van der Waals surface area contributed by atoms with Crippen molar-refractivity contribution in [1.29, 1.82) is 0 Å². The molecule has 6 heteroatoms. The average molecular weight is 357 g/mol. The summed E-state index contributed by atoms with van der Waals surface area (Å²) in [5.41, 5.74) is 6.08. The third-order valence-electron chi connectivity index (χ3n) is 4.10. The number of halogens is 3. The van der Waals surface area contributed by atoms with Crippen LogP contribution >= 0.6 is 0 Å². The number of hydrazone groups is 1. The van der Waals surface area contributed by atoms with E-state index in [9.17, 15) is 13.2 Å². The molecular weight excluding hydrogens is 339 g/mol. The van der Waals surface area contributed by atoms with Crippen LogP contribution < -0.4 is 5.43 Å². The summed E-state index contributed by atoms with van der Waals surface area (Å²) < 4.78 is 39.0. The highest BCUT2D eigenvalue weighted by Gasteiger charge is 2.32. The van der Waals surface area contributed by atoms with E-state index in [-0.39, 0.29) is 5.56 Å². The Morgan fingerprint density at radius 1 is 1.00 bits per heavy atom. The van der Waals surface area contributed by atoms with Gasteiger partial charge in [-0.25, -0.2) is 4.98 Å². The van der Waals surface area contributed by atoms with Crippen LogP contribution in [0.1, 0.15) is 27.8 Å². The summed E-state index contributed by atoms with van der Waals surface area (Å²) >= 11 is 0. The number of nitrogens with one attached hydrogen (secondary N) is 1. The van der Waals surface area contributed by atoms with Gasteiger partial charge in [-0.1, -0.05) is 29.8 Å². The van der Waals surface area contributed by atoms with Crippen LogP contribution in [-0.2, 0) is 6.18 Å². The van der Waals surface area contributed by atoms with Crippen LogP contribution in [0.3, 0.4) is 0 Å². The lowest BCUT2D eigenvalue weighted by molar-refractivity contribution is -0.137. The molecule has 0 radical (unpaired) electrons. The van der Waals surface area contributed by atoms with Crippen LogP contribution in [0.25, 0.3) is 10.9 Å². The Labute approximate surface area is 149 Å². The molecule has 1 heterocycles. The molecule has 0 bridgehead atoms. The molecule has 3 nitrogen and oxygen atoms in total. The fourth-order valence-electron chi connectivity index (χ4n) is 2.94. The third kappa shape index (κ3) is 3.69. The van der Waals surface area contributed by atoms with Gasteiger partial charge >= 0.3 is 6.18 Å². The molecule has 0 unspecified atom stereocenters. The first-order valence-electron chi connectivity index (χ1n) is 8.09. The molecular formula is C20H18F3N3. The van der Waals surface area contributed by atoms with Gasteiger partial charge in [0.15, 0.2) is 0 Å². The van der Waals surface area contributed by atoms with E-state index in [0.29, 0.717) is 5.82 Å². The standard InChI is InChI=1S/C20H18F3N3/c1-12-8-14(3)19-16(9-12)13(2)10-18(25-19)26-24-11-15-6-4-5-7-17(15)20(21,22)23/h4-11H,1-3H3,(H,25,26). The van der Waals surface area contributed by atoms with Gasteiger partial charge in [0, 0.05) is 10.9 Å². The van der Waals surface area contributed by atoms with E-state index in [1.807, 2.05) is 32.9 Å². The number of hydrogen-bond donors (Lipinski definition) is 1. The van der Waals surface area contributed by atoms with E-state index >= 15 is 0 Å². The Kier molecular flexibility index (Phi) is 4.68. The largest absolute Gasteiger partial charge is 0.417 e. The number of anilines is 1. The fraction of sp³-hybridized carbons (Fsp3) is 0.200. The molecule has 134 valence electrons. The van der Waals surface area contributed by atoms with E-state index in [1.165, 1.54) is 12.1 Å². The number of benzene rings is 2. The van der Waals surface area contributed by atoms with Crippen LogP contribution in [0.2, 0.25) is 0 Å². The van der Waals surface area contributed by atoms with Crippen LogP contribution in [0.15, 0.2) is 47.6 Å². The number of hydrogen-bond acceptors (Lipinski definition) is 3.